The van der Waals surface area contributed by atoms with Crippen LogP contribution in [0.5, 0.6) is 11.8 Å². The monoisotopic (exact) mass is 290 g/mol. The molecule has 0 spiro atoms. The Hall–Kier alpha value is -2.92. The average molecular weight is 290 g/mol. The van der Waals surface area contributed by atoms with Gasteiger partial charge in [0.05, 0.1) is 6.20 Å². The van der Waals surface area contributed by atoms with Gasteiger partial charge in [-0.25, -0.2) is 9.97 Å². The van der Waals surface area contributed by atoms with Gasteiger partial charge in [0.15, 0.2) is 0 Å². The maximum Gasteiger partial charge on any atom is 0.321 e. The van der Waals surface area contributed by atoms with Crippen molar-refractivity contribution in [2.45, 2.75) is 6.04 Å². The summed E-state index contributed by atoms with van der Waals surface area (Å²) in [5.74, 6) is 0.726. The average Bonchev–Trinajstić information content (AvgIpc) is 3.04. The van der Waals surface area contributed by atoms with E-state index in [-0.39, 0.29) is 6.04 Å². The Bertz CT molecular complexity index is 750. The molecule has 2 unspecified atom stereocenters. The lowest BCUT2D eigenvalue weighted by Crippen LogP contribution is -3.05. The van der Waals surface area contributed by atoms with Gasteiger partial charge >= 0.3 is 6.01 Å². The third-order valence-electron chi connectivity index (χ3n) is 3.57. The summed E-state index contributed by atoms with van der Waals surface area (Å²) in [4.78, 5) is 8.56. The number of hydrogen-bond donors (Lipinski definition) is 1. The van der Waals surface area contributed by atoms with Gasteiger partial charge in [-0.3, -0.25) is 0 Å². The predicted molar refractivity (Wildman–Crippen MR) is 82.9 cm³/mol. The second-order valence-corrected chi connectivity index (χ2v) is 5.05. The number of allylic oxidation sites excluding steroid dienone is 2. The number of benzene rings is 1. The maximum absolute atomic E-state index is 5.60. The molecule has 0 radical (unpaired) electrons. The molecule has 0 aliphatic carbocycles. The zero-order chi connectivity index (χ0) is 14.8. The molecule has 2 aliphatic rings. The Kier molecular flexibility index (Phi) is 3.18. The van der Waals surface area contributed by atoms with E-state index in [1.165, 1.54) is 0 Å². The summed E-state index contributed by atoms with van der Waals surface area (Å²) in [6.07, 6.45) is 13.7. The first-order chi connectivity index (χ1) is 10.9. The number of quaternary nitrogens is 1. The molecule has 0 fully saturated rings. The zero-order valence-corrected chi connectivity index (χ0v) is 11.8. The number of nitrogens with zero attached hydrogens (tertiary/aromatic N) is 3. The SMILES string of the molecule is C1=CC2C=C(c3cnc(Oc4ccccc4)nc3)C=C[NH+]2[N-]1. The van der Waals surface area contributed by atoms with Crippen molar-refractivity contribution in [2.24, 2.45) is 0 Å². The molecule has 0 saturated heterocycles. The molecule has 0 saturated carbocycles. The largest absolute Gasteiger partial charge is 0.490 e. The third kappa shape index (κ3) is 2.49. The van der Waals surface area contributed by atoms with Crippen LogP contribution in [0.1, 0.15) is 5.56 Å². The highest BCUT2D eigenvalue weighted by Crippen LogP contribution is 2.21. The van der Waals surface area contributed by atoms with Gasteiger partial charge in [0, 0.05) is 18.0 Å². The summed E-state index contributed by atoms with van der Waals surface area (Å²) < 4.78 is 5.60. The number of para-hydroxylation sites is 1. The summed E-state index contributed by atoms with van der Waals surface area (Å²) in [5.41, 5.74) is 6.37. The molecule has 1 aromatic heterocycles. The normalized spacial score (nSPS) is 21.9. The van der Waals surface area contributed by atoms with Gasteiger partial charge < -0.3 is 15.2 Å². The van der Waals surface area contributed by atoms with Crippen molar-refractivity contribution >= 4 is 5.57 Å². The number of ether oxygens (including phenoxy) is 1. The quantitative estimate of drug-likeness (QED) is 0.943. The fourth-order valence-electron chi connectivity index (χ4n) is 2.43. The highest BCUT2D eigenvalue weighted by molar-refractivity contribution is 5.74. The lowest BCUT2D eigenvalue weighted by molar-refractivity contribution is -0.812. The van der Waals surface area contributed by atoms with Gasteiger partial charge in [-0.15, -0.1) is 6.20 Å². The van der Waals surface area contributed by atoms with Crippen molar-refractivity contribution in [1.29, 1.82) is 0 Å². The fourth-order valence-corrected chi connectivity index (χ4v) is 2.43. The van der Waals surface area contributed by atoms with Crippen LogP contribution in [0.15, 0.2) is 73.4 Å². The van der Waals surface area contributed by atoms with Crippen molar-refractivity contribution in [2.75, 3.05) is 0 Å². The molecule has 3 heterocycles. The molecule has 1 aromatic carbocycles. The topological polar surface area (TPSA) is 53.6 Å². The van der Waals surface area contributed by atoms with Crippen molar-refractivity contribution < 1.29 is 9.75 Å². The van der Waals surface area contributed by atoms with E-state index in [9.17, 15) is 0 Å². The summed E-state index contributed by atoms with van der Waals surface area (Å²) in [7, 11) is 0. The molecule has 1 N–H and O–H groups in total. The zero-order valence-electron chi connectivity index (χ0n) is 11.8. The molecule has 2 atom stereocenters. The van der Waals surface area contributed by atoms with E-state index in [4.69, 9.17) is 4.74 Å². The van der Waals surface area contributed by atoms with E-state index < -0.39 is 0 Å². The van der Waals surface area contributed by atoms with Crippen LogP contribution in [0.4, 0.5) is 0 Å². The molecular formula is C17H14N4O. The Labute approximate surface area is 128 Å². The van der Waals surface area contributed by atoms with Crippen molar-refractivity contribution in [3.05, 3.63) is 84.3 Å². The van der Waals surface area contributed by atoms with Crippen LogP contribution in [0.3, 0.4) is 0 Å². The second kappa shape index (κ2) is 5.46. The van der Waals surface area contributed by atoms with E-state index in [2.05, 4.69) is 27.5 Å². The number of aromatic nitrogens is 2. The highest BCUT2D eigenvalue weighted by Gasteiger charge is 2.18. The van der Waals surface area contributed by atoms with Gasteiger partial charge in [-0.2, -0.15) is 0 Å². The predicted octanol–water partition coefficient (Wildman–Crippen LogP) is 2.25. The third-order valence-corrected chi connectivity index (χ3v) is 3.57. The lowest BCUT2D eigenvalue weighted by Gasteiger charge is -2.27. The van der Waals surface area contributed by atoms with Crippen LogP contribution < -0.4 is 9.75 Å². The molecule has 5 nitrogen and oxygen atoms in total. The molecule has 108 valence electrons. The molecule has 0 amide bonds. The lowest BCUT2D eigenvalue weighted by atomic mass is 10.0. The second-order valence-electron chi connectivity index (χ2n) is 5.05. The maximum atomic E-state index is 5.60. The van der Waals surface area contributed by atoms with E-state index in [1.807, 2.05) is 48.8 Å². The van der Waals surface area contributed by atoms with Crippen LogP contribution in [0.2, 0.25) is 0 Å². The molecule has 0 bridgehead atoms. The molecule has 2 aliphatic heterocycles. The number of rotatable bonds is 3. The molecular weight excluding hydrogens is 276 g/mol. The molecule has 5 heteroatoms. The van der Waals surface area contributed by atoms with Gasteiger partial charge in [0.2, 0.25) is 0 Å². The highest BCUT2D eigenvalue weighted by atomic mass is 16.5. The van der Waals surface area contributed by atoms with Gasteiger partial charge in [0.25, 0.3) is 0 Å². The van der Waals surface area contributed by atoms with Crippen molar-refractivity contribution in [3.63, 3.8) is 0 Å². The first-order valence-corrected chi connectivity index (χ1v) is 7.08. The standard InChI is InChI=1S/C17H14N4O/c1-2-4-16(5-3-1)22-17-18-11-14(12-19-17)13-7-9-21-15(10-13)6-8-20-21/h1-12,15,21H. The Morgan fingerprint density at radius 2 is 1.91 bits per heavy atom. The first kappa shape index (κ1) is 12.8. The van der Waals surface area contributed by atoms with E-state index in [0.717, 1.165) is 21.9 Å². The van der Waals surface area contributed by atoms with Crippen LogP contribution in [0, 0.1) is 0 Å². The molecule has 2 aromatic rings. The number of fused-ring (bicyclic) bond motifs is 1. The minimum absolute atomic E-state index is 0.264. The smallest absolute Gasteiger partial charge is 0.321 e. The number of hydrogen-bond acceptors (Lipinski definition) is 3. The summed E-state index contributed by atoms with van der Waals surface area (Å²) in [6, 6.07) is 10.1. The summed E-state index contributed by atoms with van der Waals surface area (Å²) in [5, 5.41) is 1.08. The molecule has 22 heavy (non-hydrogen) atoms. The molecule has 4 rings (SSSR count). The van der Waals surface area contributed by atoms with Crippen LogP contribution in [-0.4, -0.2) is 16.0 Å². The first-order valence-electron chi connectivity index (χ1n) is 7.08. The Morgan fingerprint density at radius 3 is 2.73 bits per heavy atom. The van der Waals surface area contributed by atoms with E-state index >= 15 is 0 Å². The van der Waals surface area contributed by atoms with Crippen LogP contribution in [-0.2, 0) is 0 Å². The Balaban J connectivity index is 1.52. The summed E-state index contributed by atoms with van der Waals surface area (Å²) in [6.45, 7) is 0. The van der Waals surface area contributed by atoms with E-state index in [0.29, 0.717) is 6.01 Å². The van der Waals surface area contributed by atoms with Gasteiger partial charge in [-0.05, 0) is 35.9 Å². The van der Waals surface area contributed by atoms with Crippen molar-refractivity contribution in [3.8, 4) is 11.8 Å². The fraction of sp³-hybridized carbons (Fsp3) is 0.0588. The number of nitrogens with one attached hydrogen (secondary N) is 1. The summed E-state index contributed by atoms with van der Waals surface area (Å²) >= 11 is 0. The Morgan fingerprint density at radius 1 is 1.09 bits per heavy atom. The van der Waals surface area contributed by atoms with Gasteiger partial charge in [0.1, 0.15) is 11.8 Å². The van der Waals surface area contributed by atoms with Crippen LogP contribution >= 0.6 is 0 Å². The van der Waals surface area contributed by atoms with Crippen LogP contribution in [0.25, 0.3) is 11.0 Å². The minimum atomic E-state index is 0.264. The minimum Gasteiger partial charge on any atom is -0.490 e. The van der Waals surface area contributed by atoms with E-state index in [1.54, 1.807) is 12.4 Å². The van der Waals surface area contributed by atoms with Gasteiger partial charge in [-0.1, -0.05) is 18.2 Å². The van der Waals surface area contributed by atoms with Crippen molar-refractivity contribution in [1.82, 2.24) is 9.97 Å².